The van der Waals surface area contributed by atoms with Gasteiger partial charge in [-0.15, -0.1) is 0 Å². The number of nitrogens with zero attached hydrogens (tertiary/aromatic N) is 3. The van der Waals surface area contributed by atoms with Gasteiger partial charge >= 0.3 is 5.97 Å². The fraction of sp³-hybridized carbons (Fsp3) is 0.517. The number of thiocarbonyl (C=S) groups is 1. The summed E-state index contributed by atoms with van der Waals surface area (Å²) in [6, 6.07) is 10.0. The van der Waals surface area contributed by atoms with Crippen LogP contribution in [0.5, 0.6) is 0 Å². The number of hydrogen-bond donors (Lipinski definition) is 1. The Bertz CT molecular complexity index is 1160. The number of ether oxygens (including phenoxy) is 2. The zero-order chi connectivity index (χ0) is 26.9. The summed E-state index contributed by atoms with van der Waals surface area (Å²) in [5.41, 5.74) is 2.67. The maximum Gasteiger partial charge on any atom is 0.304 e. The first-order valence-corrected chi connectivity index (χ1v) is 13.8. The Morgan fingerprint density at radius 3 is 2.76 bits per heavy atom. The van der Waals surface area contributed by atoms with Crippen molar-refractivity contribution < 1.29 is 23.9 Å². The molecule has 0 fully saturated rings. The van der Waals surface area contributed by atoms with Gasteiger partial charge in [-0.3, -0.25) is 9.36 Å². The molecule has 204 valence electrons. The summed E-state index contributed by atoms with van der Waals surface area (Å²) < 4.78 is 19.7. The van der Waals surface area contributed by atoms with Crippen LogP contribution in [0.25, 0.3) is 0 Å². The standard InChI is InChI=1S/C29H37N3O5S/c1-20(2)10-11-22-12-13-24(36-29(38)32-15-14-30-19-32)26-27(31-37-28(22)26)23(17-25(33)34)9-6-16-35-18-21-7-4-3-5-8-21/h3-5,7-8,14-15,19-20,22-24H,6,9-13,16-18H2,1-2H3,(H,33,34). The maximum atomic E-state index is 11.9. The average molecular weight is 540 g/mol. The van der Waals surface area contributed by atoms with E-state index in [1.165, 1.54) is 0 Å². The summed E-state index contributed by atoms with van der Waals surface area (Å²) in [6.45, 7) is 5.50. The van der Waals surface area contributed by atoms with Crippen molar-refractivity contribution in [2.24, 2.45) is 5.92 Å². The van der Waals surface area contributed by atoms with Crippen molar-refractivity contribution in [1.29, 1.82) is 0 Å². The number of aliphatic carboxylic acids is 1. The molecule has 3 aromatic rings. The Morgan fingerprint density at radius 2 is 2.05 bits per heavy atom. The lowest BCUT2D eigenvalue weighted by Crippen LogP contribution is -2.23. The number of carboxylic acid groups (broad SMARTS) is 1. The predicted octanol–water partition coefficient (Wildman–Crippen LogP) is 6.63. The highest BCUT2D eigenvalue weighted by Crippen LogP contribution is 2.46. The monoisotopic (exact) mass is 539 g/mol. The Hall–Kier alpha value is -3.04. The normalized spacial score (nSPS) is 17.8. The molecule has 3 atom stereocenters. The van der Waals surface area contributed by atoms with Crippen LogP contribution in [0.15, 0.2) is 53.6 Å². The summed E-state index contributed by atoms with van der Waals surface area (Å²) in [4.78, 5) is 15.9. The molecule has 1 aromatic carbocycles. The summed E-state index contributed by atoms with van der Waals surface area (Å²) >= 11 is 5.53. The van der Waals surface area contributed by atoms with Crippen molar-refractivity contribution in [2.45, 2.75) is 83.3 Å². The van der Waals surface area contributed by atoms with Crippen LogP contribution in [0.4, 0.5) is 0 Å². The van der Waals surface area contributed by atoms with E-state index in [0.29, 0.717) is 42.8 Å². The second-order valence-corrected chi connectivity index (χ2v) is 10.8. The average Bonchev–Trinajstić information content (AvgIpc) is 3.59. The van der Waals surface area contributed by atoms with Crippen LogP contribution in [0, 0.1) is 5.92 Å². The SMILES string of the molecule is CC(C)CCC1CCC(OC(=S)n2ccnc2)c2c(C(CCCOCc3ccccc3)CC(=O)O)noc21. The molecule has 2 heterocycles. The van der Waals surface area contributed by atoms with Crippen molar-refractivity contribution in [3.8, 4) is 0 Å². The van der Waals surface area contributed by atoms with E-state index in [1.807, 2.05) is 30.3 Å². The number of benzene rings is 1. The second kappa shape index (κ2) is 13.7. The van der Waals surface area contributed by atoms with E-state index >= 15 is 0 Å². The molecule has 2 aromatic heterocycles. The number of hydrogen-bond acceptors (Lipinski definition) is 7. The summed E-state index contributed by atoms with van der Waals surface area (Å²) in [6.07, 6.45) is 9.69. The van der Waals surface area contributed by atoms with Gasteiger partial charge in [0.1, 0.15) is 18.2 Å². The lowest BCUT2D eigenvalue weighted by Gasteiger charge is -2.29. The van der Waals surface area contributed by atoms with Crippen molar-refractivity contribution in [1.82, 2.24) is 14.7 Å². The largest absolute Gasteiger partial charge is 0.481 e. The van der Waals surface area contributed by atoms with Crippen LogP contribution in [-0.4, -0.2) is 37.6 Å². The van der Waals surface area contributed by atoms with E-state index < -0.39 is 5.97 Å². The Labute approximate surface area is 229 Å². The van der Waals surface area contributed by atoms with Gasteiger partial charge < -0.3 is 19.1 Å². The zero-order valence-corrected chi connectivity index (χ0v) is 22.9. The molecule has 0 spiro atoms. The molecule has 0 amide bonds. The molecule has 8 nitrogen and oxygen atoms in total. The highest BCUT2D eigenvalue weighted by Gasteiger charge is 2.38. The van der Waals surface area contributed by atoms with Gasteiger partial charge in [0.25, 0.3) is 5.17 Å². The first-order valence-electron chi connectivity index (χ1n) is 13.4. The number of aromatic nitrogens is 3. The third-order valence-electron chi connectivity index (χ3n) is 7.07. The van der Waals surface area contributed by atoms with Gasteiger partial charge in [-0.25, -0.2) is 4.98 Å². The topological polar surface area (TPSA) is 99.6 Å². The van der Waals surface area contributed by atoms with Crippen LogP contribution in [0.1, 0.15) is 99.3 Å². The van der Waals surface area contributed by atoms with Gasteiger partial charge in [0.05, 0.1) is 24.3 Å². The second-order valence-electron chi connectivity index (χ2n) is 10.4. The molecule has 1 N–H and O–H groups in total. The zero-order valence-electron chi connectivity index (χ0n) is 22.1. The summed E-state index contributed by atoms with van der Waals surface area (Å²) in [5, 5.41) is 14.5. The van der Waals surface area contributed by atoms with Gasteiger partial charge in [0.15, 0.2) is 0 Å². The fourth-order valence-electron chi connectivity index (χ4n) is 5.08. The summed E-state index contributed by atoms with van der Waals surface area (Å²) in [7, 11) is 0. The third-order valence-corrected chi connectivity index (χ3v) is 7.37. The number of carboxylic acids is 1. The van der Waals surface area contributed by atoms with Crippen molar-refractivity contribution in [2.75, 3.05) is 6.61 Å². The molecule has 1 aliphatic rings. The molecule has 1 aliphatic carbocycles. The first kappa shape index (κ1) is 28.0. The molecule has 0 bridgehead atoms. The van der Waals surface area contributed by atoms with Crippen molar-refractivity contribution in [3.63, 3.8) is 0 Å². The lowest BCUT2D eigenvalue weighted by molar-refractivity contribution is -0.137. The smallest absolute Gasteiger partial charge is 0.304 e. The molecule has 38 heavy (non-hydrogen) atoms. The van der Waals surface area contributed by atoms with Crippen LogP contribution >= 0.6 is 12.2 Å². The van der Waals surface area contributed by atoms with Crippen molar-refractivity contribution >= 4 is 23.4 Å². The molecule has 0 saturated carbocycles. The highest BCUT2D eigenvalue weighted by atomic mass is 32.1. The molecule has 0 aliphatic heterocycles. The van der Waals surface area contributed by atoms with Crippen LogP contribution in [-0.2, 0) is 20.9 Å². The minimum atomic E-state index is -0.865. The Morgan fingerprint density at radius 1 is 1.24 bits per heavy atom. The van der Waals surface area contributed by atoms with E-state index in [-0.39, 0.29) is 24.4 Å². The van der Waals surface area contributed by atoms with E-state index in [4.69, 9.17) is 26.2 Å². The Kier molecular flexibility index (Phi) is 10.1. The van der Waals surface area contributed by atoms with E-state index in [2.05, 4.69) is 24.0 Å². The molecule has 0 saturated heterocycles. The minimum absolute atomic E-state index is 0.0347. The number of carbonyl (C=O) groups is 1. The fourth-order valence-corrected chi connectivity index (χ4v) is 5.31. The molecular weight excluding hydrogens is 502 g/mol. The first-order chi connectivity index (χ1) is 18.4. The third kappa shape index (κ3) is 7.51. The van der Waals surface area contributed by atoms with E-state index in [9.17, 15) is 9.90 Å². The van der Waals surface area contributed by atoms with Crippen LogP contribution < -0.4 is 0 Å². The lowest BCUT2D eigenvalue weighted by atomic mass is 9.79. The number of imidazole rings is 1. The van der Waals surface area contributed by atoms with Gasteiger partial charge in [0.2, 0.25) is 0 Å². The molecule has 0 radical (unpaired) electrons. The van der Waals surface area contributed by atoms with Gasteiger partial charge in [0, 0.05) is 30.8 Å². The van der Waals surface area contributed by atoms with E-state index in [1.54, 1.807) is 23.3 Å². The maximum absolute atomic E-state index is 11.9. The van der Waals surface area contributed by atoms with Gasteiger partial charge in [-0.05, 0) is 55.8 Å². The number of fused-ring (bicyclic) bond motifs is 1. The number of rotatable bonds is 13. The minimum Gasteiger partial charge on any atom is -0.481 e. The molecule has 3 unspecified atom stereocenters. The predicted molar refractivity (Wildman–Crippen MR) is 147 cm³/mol. The molecule has 9 heteroatoms. The highest BCUT2D eigenvalue weighted by molar-refractivity contribution is 7.80. The molecule has 4 rings (SSSR count). The van der Waals surface area contributed by atoms with Crippen LogP contribution in [0.3, 0.4) is 0 Å². The van der Waals surface area contributed by atoms with E-state index in [0.717, 1.165) is 42.6 Å². The molecular formula is C29H37N3O5S. The van der Waals surface area contributed by atoms with Crippen LogP contribution in [0.2, 0.25) is 0 Å². The van der Waals surface area contributed by atoms with Crippen molar-refractivity contribution in [3.05, 3.63) is 71.6 Å². The van der Waals surface area contributed by atoms with Gasteiger partial charge in [-0.2, -0.15) is 0 Å². The quantitative estimate of drug-likeness (QED) is 0.191. The van der Waals surface area contributed by atoms with Gasteiger partial charge in [-0.1, -0.05) is 55.8 Å². The Balaban J connectivity index is 1.51. The summed E-state index contributed by atoms with van der Waals surface area (Å²) in [5.74, 6) is 0.461.